The van der Waals surface area contributed by atoms with Crippen LogP contribution in [0.5, 0.6) is 0 Å². The van der Waals surface area contributed by atoms with Gasteiger partial charge in [-0.3, -0.25) is 24.2 Å². The number of nitrogens with zero attached hydrogens (tertiary/aromatic N) is 2. The summed E-state index contributed by atoms with van der Waals surface area (Å²) in [6, 6.07) is 9.49. The minimum absolute atomic E-state index is 0. The summed E-state index contributed by atoms with van der Waals surface area (Å²) in [7, 11) is 0. The van der Waals surface area contributed by atoms with E-state index in [1.54, 1.807) is 56.3 Å². The molecular formula is C25H22N5NaO6S. The first-order chi connectivity index (χ1) is 17.6. The van der Waals surface area contributed by atoms with Crippen molar-refractivity contribution in [2.24, 2.45) is 0 Å². The van der Waals surface area contributed by atoms with Crippen LogP contribution in [0.3, 0.4) is 0 Å². The number of thioether (sulfide) groups is 1. The number of benzene rings is 1. The molecule has 0 spiro atoms. The standard InChI is InChI=1S/C25H23N5O6S.Na/c1-25(2)19(24(35)36)30-22(34)18(23(30)37-25)29-21(33)16(12-7-4-3-5-8-12)28-20(32)14-11-15(31)17-13(27-14)9-6-10-26-17;/h3-11,16,18-19,23H,1-2H3,(H,27,31)(H,28,32)(H,29,33)(H,35,36);/q;+1/p-1/t16-,18-,19+,23-;/m1./s1. The average molecular weight is 544 g/mol. The van der Waals surface area contributed by atoms with E-state index in [1.165, 1.54) is 22.9 Å². The zero-order valence-electron chi connectivity index (χ0n) is 20.8. The van der Waals surface area contributed by atoms with Gasteiger partial charge in [-0.15, -0.1) is 11.8 Å². The van der Waals surface area contributed by atoms with Gasteiger partial charge < -0.3 is 30.4 Å². The van der Waals surface area contributed by atoms with Gasteiger partial charge in [0, 0.05) is 17.0 Å². The Bertz CT molecular complexity index is 1500. The van der Waals surface area contributed by atoms with Crippen LogP contribution in [-0.2, 0) is 14.4 Å². The Hall–Kier alpha value is -3.19. The molecule has 2 aromatic heterocycles. The van der Waals surface area contributed by atoms with Crippen molar-refractivity contribution in [1.29, 1.82) is 0 Å². The third-order valence-electron chi connectivity index (χ3n) is 6.46. The third kappa shape index (κ3) is 4.84. The first-order valence-electron chi connectivity index (χ1n) is 11.4. The molecule has 3 aromatic rings. The number of aromatic nitrogens is 2. The van der Waals surface area contributed by atoms with E-state index in [2.05, 4.69) is 20.6 Å². The summed E-state index contributed by atoms with van der Waals surface area (Å²) in [5, 5.41) is 16.4. The quantitative estimate of drug-likeness (QED) is 0.215. The molecule has 13 heteroatoms. The van der Waals surface area contributed by atoms with E-state index >= 15 is 0 Å². The Morgan fingerprint density at radius 3 is 2.53 bits per heavy atom. The number of aromatic amines is 1. The largest absolute Gasteiger partial charge is 1.00 e. The van der Waals surface area contributed by atoms with Gasteiger partial charge in [-0.1, -0.05) is 30.3 Å². The van der Waals surface area contributed by atoms with Crippen LogP contribution >= 0.6 is 11.8 Å². The number of nitrogens with one attached hydrogen (secondary N) is 3. The van der Waals surface area contributed by atoms with Crippen molar-refractivity contribution in [2.45, 2.75) is 42.1 Å². The molecule has 38 heavy (non-hydrogen) atoms. The molecule has 0 radical (unpaired) electrons. The number of rotatable bonds is 6. The number of hydrogen-bond acceptors (Lipinski definition) is 8. The molecule has 11 nitrogen and oxygen atoms in total. The Labute approximate surface area is 243 Å². The third-order valence-corrected chi connectivity index (χ3v) is 8.03. The second kappa shape index (κ2) is 10.5. The summed E-state index contributed by atoms with van der Waals surface area (Å²) < 4.78 is -0.803. The molecule has 4 atom stereocenters. The van der Waals surface area contributed by atoms with Crippen LogP contribution in [0.15, 0.2) is 59.5 Å². The van der Waals surface area contributed by atoms with E-state index < -0.39 is 57.4 Å². The molecule has 5 rings (SSSR count). The molecule has 1 aromatic carbocycles. The second-order valence-electron chi connectivity index (χ2n) is 9.33. The molecule has 0 unspecified atom stereocenters. The topological polar surface area (TPSA) is 164 Å². The number of carboxylic acid groups (broad SMARTS) is 1. The Balaban J connectivity index is 0.00000336. The summed E-state index contributed by atoms with van der Waals surface area (Å²) in [4.78, 5) is 71.5. The van der Waals surface area contributed by atoms with E-state index in [0.29, 0.717) is 11.1 Å². The summed E-state index contributed by atoms with van der Waals surface area (Å²) in [5.74, 6) is -3.25. The zero-order chi connectivity index (χ0) is 26.5. The number of aliphatic carboxylic acids is 1. The predicted molar refractivity (Wildman–Crippen MR) is 132 cm³/mol. The van der Waals surface area contributed by atoms with Gasteiger partial charge in [-0.25, -0.2) is 0 Å². The number of β-lactam (4-membered cyclic amide) rings is 1. The Kier molecular flexibility index (Phi) is 7.71. The van der Waals surface area contributed by atoms with Crippen LogP contribution in [0.4, 0.5) is 0 Å². The molecular weight excluding hydrogens is 521 g/mol. The van der Waals surface area contributed by atoms with Crippen LogP contribution in [0.2, 0.25) is 0 Å². The smallest absolute Gasteiger partial charge is 0.548 e. The van der Waals surface area contributed by atoms with Gasteiger partial charge >= 0.3 is 29.6 Å². The predicted octanol–water partition coefficient (Wildman–Crippen LogP) is -3.30. The van der Waals surface area contributed by atoms with Crippen LogP contribution in [-0.4, -0.2) is 60.8 Å². The number of carboxylic acids is 1. The number of carbonyl (C=O) groups is 4. The van der Waals surface area contributed by atoms with E-state index in [9.17, 15) is 29.1 Å². The van der Waals surface area contributed by atoms with Crippen molar-refractivity contribution in [3.63, 3.8) is 0 Å². The van der Waals surface area contributed by atoms with Crippen molar-refractivity contribution in [3.8, 4) is 0 Å². The molecule has 4 heterocycles. The van der Waals surface area contributed by atoms with Crippen LogP contribution < -0.4 is 50.7 Å². The maximum absolute atomic E-state index is 13.4. The van der Waals surface area contributed by atoms with Gasteiger partial charge in [0.25, 0.3) is 5.91 Å². The second-order valence-corrected chi connectivity index (χ2v) is 11.1. The minimum Gasteiger partial charge on any atom is -0.548 e. The molecule has 2 saturated heterocycles. The molecule has 190 valence electrons. The number of fused-ring (bicyclic) bond motifs is 2. The van der Waals surface area contributed by atoms with Crippen molar-refractivity contribution in [2.75, 3.05) is 0 Å². The average Bonchev–Trinajstić information content (AvgIpc) is 3.13. The molecule has 3 amide bonds. The number of pyridine rings is 2. The summed E-state index contributed by atoms with van der Waals surface area (Å²) >= 11 is 1.27. The number of hydrogen-bond donors (Lipinski definition) is 3. The fraction of sp³-hybridized carbons (Fsp3) is 0.280. The SMILES string of the molecule is CC1(C)S[C@@H]2[C@H](NC(=O)[C@H](NC(=O)c3cc(=O)c4ncccc4[nH]3)c3ccccc3)C(=O)N2[C@H]1C(=O)[O-].[Na+]. The van der Waals surface area contributed by atoms with Crippen molar-refractivity contribution in [3.05, 3.63) is 76.2 Å². The van der Waals surface area contributed by atoms with Crippen LogP contribution in [0, 0.1) is 0 Å². The maximum Gasteiger partial charge on any atom is 1.00 e. The van der Waals surface area contributed by atoms with Crippen LogP contribution in [0.25, 0.3) is 11.0 Å². The van der Waals surface area contributed by atoms with E-state index in [-0.39, 0.29) is 40.8 Å². The van der Waals surface area contributed by atoms with E-state index in [0.717, 1.165) is 6.07 Å². The number of amides is 3. The number of H-pyrrole nitrogens is 1. The Morgan fingerprint density at radius 1 is 1.13 bits per heavy atom. The van der Waals surface area contributed by atoms with Gasteiger partial charge in [0.15, 0.2) is 0 Å². The fourth-order valence-electron chi connectivity index (χ4n) is 4.72. The van der Waals surface area contributed by atoms with E-state index in [4.69, 9.17) is 0 Å². The Morgan fingerprint density at radius 2 is 1.84 bits per heavy atom. The monoisotopic (exact) mass is 543 g/mol. The van der Waals surface area contributed by atoms with Gasteiger partial charge in [0.2, 0.25) is 17.2 Å². The summed E-state index contributed by atoms with van der Waals surface area (Å²) in [6.07, 6.45) is 1.47. The van der Waals surface area contributed by atoms with Crippen LogP contribution in [0.1, 0.15) is 35.9 Å². The first-order valence-corrected chi connectivity index (χ1v) is 12.3. The maximum atomic E-state index is 13.4. The molecule has 2 fully saturated rings. The molecule has 2 aliphatic rings. The fourth-order valence-corrected chi connectivity index (χ4v) is 6.34. The summed E-state index contributed by atoms with van der Waals surface area (Å²) in [5.41, 5.74) is 0.480. The van der Waals surface area contributed by atoms with Crippen molar-refractivity contribution in [1.82, 2.24) is 25.5 Å². The number of carbonyl (C=O) groups excluding carboxylic acids is 4. The molecule has 3 N–H and O–H groups in total. The summed E-state index contributed by atoms with van der Waals surface area (Å²) in [6.45, 7) is 3.41. The van der Waals surface area contributed by atoms with Gasteiger partial charge in [0.1, 0.15) is 28.7 Å². The molecule has 2 aliphatic heterocycles. The van der Waals surface area contributed by atoms with E-state index in [1.807, 2.05) is 0 Å². The normalized spacial score (nSPS) is 22.0. The molecule has 0 aliphatic carbocycles. The van der Waals surface area contributed by atoms with Gasteiger partial charge in [-0.05, 0) is 31.5 Å². The first kappa shape index (κ1) is 27.8. The van der Waals surface area contributed by atoms with Crippen molar-refractivity contribution < 1.29 is 53.8 Å². The molecule has 0 saturated carbocycles. The van der Waals surface area contributed by atoms with Crippen molar-refractivity contribution >= 4 is 46.5 Å². The zero-order valence-corrected chi connectivity index (χ0v) is 23.6. The molecule has 0 bridgehead atoms. The minimum atomic E-state index is -1.35. The van der Waals surface area contributed by atoms with Gasteiger partial charge in [-0.2, -0.15) is 0 Å². The van der Waals surface area contributed by atoms with Gasteiger partial charge in [0.05, 0.1) is 17.5 Å².